The molecule has 0 aliphatic carbocycles. The molecule has 2 rings (SSSR count). The van der Waals surface area contributed by atoms with E-state index in [1.807, 2.05) is 18.2 Å². The van der Waals surface area contributed by atoms with Crippen LogP contribution >= 0.6 is 36.8 Å². The monoisotopic (exact) mass is 351 g/mol. The first-order valence-corrected chi connectivity index (χ1v) is 7.59. The van der Waals surface area contributed by atoms with E-state index in [2.05, 4.69) is 44.2 Å². The van der Waals surface area contributed by atoms with Crippen LogP contribution in [-0.2, 0) is 6.42 Å². The molecule has 1 unspecified atom stereocenters. The average molecular weight is 353 g/mol. The van der Waals surface area contributed by atoms with Gasteiger partial charge in [-0.05, 0) is 47.1 Å². The summed E-state index contributed by atoms with van der Waals surface area (Å²) in [4.78, 5) is 0. The third-order valence-electron chi connectivity index (χ3n) is 2.99. The van der Waals surface area contributed by atoms with Gasteiger partial charge in [0.1, 0.15) is 6.07 Å². The van der Waals surface area contributed by atoms with Crippen molar-refractivity contribution >= 4 is 42.1 Å². The van der Waals surface area contributed by atoms with Crippen molar-refractivity contribution in [3.05, 3.63) is 51.0 Å². The maximum absolute atomic E-state index is 9.37. The molecular formula is C15H12BrClNP. The van der Waals surface area contributed by atoms with E-state index in [9.17, 15) is 5.26 Å². The second kappa shape index (κ2) is 6.06. The van der Waals surface area contributed by atoms with Crippen LogP contribution in [0.2, 0.25) is 5.02 Å². The summed E-state index contributed by atoms with van der Waals surface area (Å²) < 4.78 is 0.994. The Morgan fingerprint density at radius 3 is 2.63 bits per heavy atom. The SMILES string of the molecule is CCc1ccc(Br)cc1-c1cc(Cl)cc(P)c1C#N. The quantitative estimate of drug-likeness (QED) is 0.718. The molecule has 0 amide bonds. The Balaban J connectivity index is 2.78. The molecule has 4 heteroatoms. The molecule has 0 radical (unpaired) electrons. The number of hydrogen-bond acceptors (Lipinski definition) is 1. The number of nitrogens with zero attached hydrogens (tertiary/aromatic N) is 1. The second-order valence-electron chi connectivity index (χ2n) is 4.18. The minimum Gasteiger partial charge on any atom is -0.192 e. The zero-order valence-corrected chi connectivity index (χ0v) is 13.9. The first-order chi connectivity index (χ1) is 9.06. The molecule has 1 atom stereocenters. The van der Waals surface area contributed by atoms with Gasteiger partial charge in [-0.25, -0.2) is 0 Å². The van der Waals surface area contributed by atoms with E-state index in [0.717, 1.165) is 27.3 Å². The van der Waals surface area contributed by atoms with E-state index < -0.39 is 0 Å². The van der Waals surface area contributed by atoms with Crippen LogP contribution in [0.5, 0.6) is 0 Å². The zero-order chi connectivity index (χ0) is 14.0. The largest absolute Gasteiger partial charge is 0.192 e. The van der Waals surface area contributed by atoms with Crippen molar-refractivity contribution in [3.8, 4) is 17.2 Å². The molecule has 0 heterocycles. The maximum Gasteiger partial charge on any atom is 0.100 e. The third-order valence-corrected chi connectivity index (χ3v) is 4.16. The van der Waals surface area contributed by atoms with Gasteiger partial charge in [-0.3, -0.25) is 0 Å². The summed E-state index contributed by atoms with van der Waals surface area (Å²) in [6.07, 6.45) is 0.909. The van der Waals surface area contributed by atoms with Crippen molar-refractivity contribution < 1.29 is 0 Å². The minimum absolute atomic E-state index is 0.640. The molecule has 0 aromatic heterocycles. The lowest BCUT2D eigenvalue weighted by Gasteiger charge is -2.12. The van der Waals surface area contributed by atoms with Crippen LogP contribution in [0, 0.1) is 11.3 Å². The number of hydrogen-bond donors (Lipinski definition) is 0. The van der Waals surface area contributed by atoms with Gasteiger partial charge in [-0.15, -0.1) is 9.24 Å². The molecule has 0 spiro atoms. The van der Waals surface area contributed by atoms with Gasteiger partial charge < -0.3 is 0 Å². The van der Waals surface area contributed by atoms with Crippen molar-refractivity contribution in [3.63, 3.8) is 0 Å². The molecule has 2 aromatic rings. The number of halogens is 2. The molecule has 0 saturated carbocycles. The molecule has 19 heavy (non-hydrogen) atoms. The van der Waals surface area contributed by atoms with Gasteiger partial charge in [0.25, 0.3) is 0 Å². The lowest BCUT2D eigenvalue weighted by atomic mass is 9.94. The van der Waals surface area contributed by atoms with Crippen molar-refractivity contribution in [2.24, 2.45) is 0 Å². The third kappa shape index (κ3) is 3.00. The maximum atomic E-state index is 9.37. The lowest BCUT2D eigenvalue weighted by Crippen LogP contribution is -2.02. The molecule has 0 fully saturated rings. The van der Waals surface area contributed by atoms with Gasteiger partial charge in [0.15, 0.2) is 0 Å². The summed E-state index contributed by atoms with van der Waals surface area (Å²) in [5.41, 5.74) is 3.80. The van der Waals surface area contributed by atoms with E-state index in [4.69, 9.17) is 11.6 Å². The Labute approximate surface area is 128 Å². The Morgan fingerprint density at radius 2 is 2.00 bits per heavy atom. The van der Waals surface area contributed by atoms with Crippen molar-refractivity contribution in [1.82, 2.24) is 0 Å². The van der Waals surface area contributed by atoms with Crippen LogP contribution < -0.4 is 5.30 Å². The van der Waals surface area contributed by atoms with Crippen LogP contribution in [0.1, 0.15) is 18.1 Å². The van der Waals surface area contributed by atoms with Crippen molar-refractivity contribution in [2.45, 2.75) is 13.3 Å². The summed E-state index contributed by atoms with van der Waals surface area (Å²) in [6.45, 7) is 2.10. The standard InChI is InChI=1S/C15H12BrClNP/c1-2-9-3-4-10(16)5-12(9)13-6-11(17)7-15(19)14(13)8-18/h3-7H,2,19H2,1H3. The van der Waals surface area contributed by atoms with Crippen LogP contribution in [0.25, 0.3) is 11.1 Å². The lowest BCUT2D eigenvalue weighted by molar-refractivity contribution is 1.14. The van der Waals surface area contributed by atoms with Crippen LogP contribution in [-0.4, -0.2) is 0 Å². The Bertz CT molecular complexity index is 677. The van der Waals surface area contributed by atoms with Gasteiger partial charge in [0.2, 0.25) is 0 Å². The highest BCUT2D eigenvalue weighted by atomic mass is 79.9. The molecule has 0 saturated heterocycles. The van der Waals surface area contributed by atoms with E-state index in [1.54, 1.807) is 6.07 Å². The van der Waals surface area contributed by atoms with E-state index in [-0.39, 0.29) is 0 Å². The van der Waals surface area contributed by atoms with E-state index in [1.165, 1.54) is 5.56 Å². The Morgan fingerprint density at radius 1 is 1.26 bits per heavy atom. The van der Waals surface area contributed by atoms with Gasteiger partial charge in [-0.1, -0.05) is 40.5 Å². The highest BCUT2D eigenvalue weighted by molar-refractivity contribution is 9.10. The summed E-state index contributed by atoms with van der Waals surface area (Å²) in [5.74, 6) is 0. The van der Waals surface area contributed by atoms with Gasteiger partial charge in [0, 0.05) is 15.1 Å². The number of aryl methyl sites for hydroxylation is 1. The first-order valence-electron chi connectivity index (χ1n) is 5.84. The molecule has 0 aliphatic rings. The Kier molecular flexibility index (Phi) is 4.63. The van der Waals surface area contributed by atoms with Gasteiger partial charge in [0.05, 0.1) is 5.56 Å². The molecule has 0 bridgehead atoms. The highest BCUT2D eigenvalue weighted by Gasteiger charge is 2.13. The van der Waals surface area contributed by atoms with Crippen LogP contribution in [0.4, 0.5) is 0 Å². The minimum atomic E-state index is 0.640. The molecule has 1 nitrogen and oxygen atoms in total. The smallest absolute Gasteiger partial charge is 0.100 e. The predicted octanol–water partition coefficient (Wildman–Crippen LogP) is 4.70. The van der Waals surface area contributed by atoms with Crippen molar-refractivity contribution in [2.75, 3.05) is 0 Å². The van der Waals surface area contributed by atoms with Crippen LogP contribution in [0.15, 0.2) is 34.8 Å². The second-order valence-corrected chi connectivity index (χ2v) is 6.16. The summed E-state index contributed by atoms with van der Waals surface area (Å²) in [5, 5.41) is 10.8. The summed E-state index contributed by atoms with van der Waals surface area (Å²) >= 11 is 9.62. The average Bonchev–Trinajstić information content (AvgIpc) is 2.37. The fourth-order valence-corrected chi connectivity index (χ4v) is 3.17. The molecule has 0 aliphatic heterocycles. The van der Waals surface area contributed by atoms with Crippen LogP contribution in [0.3, 0.4) is 0 Å². The normalized spacial score (nSPS) is 10.3. The first kappa shape index (κ1) is 14.5. The van der Waals surface area contributed by atoms with Gasteiger partial charge >= 0.3 is 0 Å². The number of benzene rings is 2. The fourth-order valence-electron chi connectivity index (χ4n) is 2.07. The molecular weight excluding hydrogens is 341 g/mol. The summed E-state index contributed by atoms with van der Waals surface area (Å²) in [7, 11) is 2.58. The van der Waals surface area contributed by atoms with E-state index in [0.29, 0.717) is 10.6 Å². The summed E-state index contributed by atoms with van der Waals surface area (Å²) in [6, 6.07) is 12.0. The fraction of sp³-hybridized carbons (Fsp3) is 0.133. The predicted molar refractivity (Wildman–Crippen MR) is 88.0 cm³/mol. The number of rotatable bonds is 2. The van der Waals surface area contributed by atoms with E-state index >= 15 is 0 Å². The van der Waals surface area contributed by atoms with Gasteiger partial charge in [-0.2, -0.15) is 5.26 Å². The Hall–Kier alpha value is -0.870. The highest BCUT2D eigenvalue weighted by Crippen LogP contribution is 2.32. The molecule has 96 valence electrons. The topological polar surface area (TPSA) is 23.8 Å². The van der Waals surface area contributed by atoms with Crippen molar-refractivity contribution in [1.29, 1.82) is 5.26 Å². The number of nitriles is 1. The zero-order valence-electron chi connectivity index (χ0n) is 10.4. The molecule has 0 N–H and O–H groups in total. The molecule has 2 aromatic carbocycles.